The summed E-state index contributed by atoms with van der Waals surface area (Å²) in [6, 6.07) is 2.92. The Balaban J connectivity index is 0.00000220. The lowest BCUT2D eigenvalue weighted by Crippen LogP contribution is -2.36. The fourth-order valence-corrected chi connectivity index (χ4v) is 4.11. The van der Waals surface area contributed by atoms with Crippen molar-refractivity contribution in [3.05, 3.63) is 33.4 Å². The third-order valence-corrected chi connectivity index (χ3v) is 5.06. The van der Waals surface area contributed by atoms with Crippen molar-refractivity contribution >= 4 is 28.1 Å². The molecule has 9 heteroatoms. The molecule has 1 atom stereocenters. The molecule has 1 aliphatic heterocycles. The van der Waals surface area contributed by atoms with Gasteiger partial charge in [-0.1, -0.05) is 12.1 Å². The second kappa shape index (κ2) is 6.69. The van der Waals surface area contributed by atoms with Gasteiger partial charge in [0.05, 0.1) is 4.92 Å². The highest BCUT2D eigenvalue weighted by atomic mass is 35.5. The molecule has 0 bridgehead atoms. The fourth-order valence-electron chi connectivity index (χ4n) is 2.37. The summed E-state index contributed by atoms with van der Waals surface area (Å²) in [5.41, 5.74) is 0.370. The summed E-state index contributed by atoms with van der Waals surface area (Å²) < 4.78 is 27.4. The maximum atomic E-state index is 12.4. The van der Waals surface area contributed by atoms with Gasteiger partial charge in [0, 0.05) is 18.2 Å². The van der Waals surface area contributed by atoms with Gasteiger partial charge in [-0.05, 0) is 32.4 Å². The summed E-state index contributed by atoms with van der Waals surface area (Å²) in [7, 11) is -3.90. The first-order valence-corrected chi connectivity index (χ1v) is 7.79. The van der Waals surface area contributed by atoms with Crippen LogP contribution in [-0.4, -0.2) is 32.5 Å². The van der Waals surface area contributed by atoms with Crippen molar-refractivity contribution in [2.24, 2.45) is 0 Å². The van der Waals surface area contributed by atoms with E-state index in [0.717, 1.165) is 6.54 Å². The molecule has 1 heterocycles. The molecule has 0 aliphatic carbocycles. The number of nitrogens with zero attached hydrogens (tertiary/aromatic N) is 1. The standard InChI is InChI=1S/C12H17N3O4S.ClH/c1-8-3-4-9(2)12(11(8)15(16)17)20(18,19)14-10-5-6-13-7-10;/h3-4,10,13-14H,5-7H2,1-2H3;1H. The van der Waals surface area contributed by atoms with Crippen LogP contribution in [0, 0.1) is 24.0 Å². The van der Waals surface area contributed by atoms with Crippen LogP contribution in [0.4, 0.5) is 5.69 Å². The van der Waals surface area contributed by atoms with Crippen LogP contribution in [0.1, 0.15) is 17.5 Å². The molecule has 1 unspecified atom stereocenters. The Morgan fingerprint density at radius 1 is 1.33 bits per heavy atom. The Hall–Kier alpha value is -1.22. The quantitative estimate of drug-likeness (QED) is 0.637. The molecule has 7 nitrogen and oxygen atoms in total. The first-order chi connectivity index (χ1) is 9.33. The number of nitro benzene ring substituents is 1. The number of sulfonamides is 1. The Morgan fingerprint density at radius 2 is 1.95 bits per heavy atom. The van der Waals surface area contributed by atoms with Gasteiger partial charge in [-0.15, -0.1) is 12.4 Å². The van der Waals surface area contributed by atoms with E-state index in [1.165, 1.54) is 6.92 Å². The second-order valence-corrected chi connectivity index (χ2v) is 6.60. The number of halogens is 1. The van der Waals surface area contributed by atoms with Gasteiger partial charge in [0.15, 0.2) is 4.90 Å². The van der Waals surface area contributed by atoms with E-state index in [-0.39, 0.29) is 29.0 Å². The lowest BCUT2D eigenvalue weighted by molar-refractivity contribution is -0.388. The van der Waals surface area contributed by atoms with Crippen LogP contribution in [0.5, 0.6) is 0 Å². The van der Waals surface area contributed by atoms with E-state index in [2.05, 4.69) is 10.0 Å². The average molecular weight is 336 g/mol. The van der Waals surface area contributed by atoms with Gasteiger partial charge < -0.3 is 5.32 Å². The third-order valence-electron chi connectivity index (χ3n) is 3.36. The number of benzene rings is 1. The zero-order valence-corrected chi connectivity index (χ0v) is 13.4. The van der Waals surface area contributed by atoms with Crippen LogP contribution in [0.3, 0.4) is 0 Å². The Kier molecular flexibility index (Phi) is 5.68. The van der Waals surface area contributed by atoms with E-state index in [0.29, 0.717) is 24.1 Å². The minimum atomic E-state index is -3.90. The lowest BCUT2D eigenvalue weighted by atomic mass is 10.1. The van der Waals surface area contributed by atoms with E-state index < -0.39 is 14.9 Å². The molecular formula is C12H18ClN3O4S. The van der Waals surface area contributed by atoms with E-state index in [1.807, 2.05) is 0 Å². The summed E-state index contributed by atoms with van der Waals surface area (Å²) in [4.78, 5) is 10.3. The number of rotatable bonds is 4. The zero-order valence-electron chi connectivity index (χ0n) is 11.8. The molecule has 1 aliphatic rings. The van der Waals surface area contributed by atoms with E-state index in [9.17, 15) is 18.5 Å². The lowest BCUT2D eigenvalue weighted by Gasteiger charge is -2.14. The van der Waals surface area contributed by atoms with E-state index in [4.69, 9.17) is 0 Å². The Labute approximate surface area is 129 Å². The minimum Gasteiger partial charge on any atom is -0.315 e. The van der Waals surface area contributed by atoms with Gasteiger partial charge in [-0.3, -0.25) is 10.1 Å². The minimum absolute atomic E-state index is 0. The van der Waals surface area contributed by atoms with Crippen molar-refractivity contribution in [2.45, 2.75) is 31.2 Å². The molecule has 2 N–H and O–H groups in total. The molecular weight excluding hydrogens is 318 g/mol. The summed E-state index contributed by atoms with van der Waals surface area (Å²) in [6.45, 7) is 4.38. The maximum absolute atomic E-state index is 12.4. The highest BCUT2D eigenvalue weighted by Gasteiger charge is 2.32. The van der Waals surface area contributed by atoms with Crippen molar-refractivity contribution in [2.75, 3.05) is 13.1 Å². The highest BCUT2D eigenvalue weighted by molar-refractivity contribution is 7.89. The second-order valence-electron chi connectivity index (χ2n) is 4.95. The topological polar surface area (TPSA) is 101 Å². The van der Waals surface area contributed by atoms with Crippen molar-refractivity contribution in [3.63, 3.8) is 0 Å². The Morgan fingerprint density at radius 3 is 2.48 bits per heavy atom. The first kappa shape index (κ1) is 17.8. The molecule has 0 aromatic heterocycles. The van der Waals surface area contributed by atoms with Gasteiger partial charge >= 0.3 is 0 Å². The smallest absolute Gasteiger partial charge is 0.292 e. The maximum Gasteiger partial charge on any atom is 0.292 e. The van der Waals surface area contributed by atoms with Crippen LogP contribution in [0.2, 0.25) is 0 Å². The van der Waals surface area contributed by atoms with E-state index >= 15 is 0 Å². The van der Waals surface area contributed by atoms with Gasteiger partial charge in [-0.25, -0.2) is 13.1 Å². The van der Waals surface area contributed by atoms with Gasteiger partial charge in [-0.2, -0.15) is 0 Å². The molecule has 0 saturated carbocycles. The monoisotopic (exact) mass is 335 g/mol. The average Bonchev–Trinajstić information content (AvgIpc) is 2.83. The molecule has 118 valence electrons. The highest BCUT2D eigenvalue weighted by Crippen LogP contribution is 2.30. The van der Waals surface area contributed by atoms with Crippen LogP contribution in [0.15, 0.2) is 17.0 Å². The normalized spacial score (nSPS) is 18.3. The summed E-state index contributed by atoms with van der Waals surface area (Å²) >= 11 is 0. The van der Waals surface area contributed by atoms with Gasteiger partial charge in [0.2, 0.25) is 10.0 Å². The van der Waals surface area contributed by atoms with Crippen LogP contribution < -0.4 is 10.0 Å². The summed E-state index contributed by atoms with van der Waals surface area (Å²) in [5.74, 6) is 0. The molecule has 1 fully saturated rings. The van der Waals surface area contributed by atoms with Gasteiger partial charge in [0.25, 0.3) is 5.69 Å². The molecule has 1 aromatic rings. The number of hydrogen-bond donors (Lipinski definition) is 2. The van der Waals surface area contributed by atoms with Crippen molar-refractivity contribution < 1.29 is 13.3 Å². The van der Waals surface area contributed by atoms with Gasteiger partial charge in [0.1, 0.15) is 0 Å². The van der Waals surface area contributed by atoms with E-state index in [1.54, 1.807) is 19.1 Å². The molecule has 1 saturated heterocycles. The molecule has 0 radical (unpaired) electrons. The summed E-state index contributed by atoms with van der Waals surface area (Å²) in [5, 5.41) is 14.2. The fraction of sp³-hybridized carbons (Fsp3) is 0.500. The number of aryl methyl sites for hydroxylation is 2. The molecule has 0 amide bonds. The van der Waals surface area contributed by atoms with Crippen molar-refractivity contribution in [1.29, 1.82) is 0 Å². The Bertz CT molecular complexity index is 642. The van der Waals surface area contributed by atoms with Crippen LogP contribution in [-0.2, 0) is 10.0 Å². The SMILES string of the molecule is Cc1ccc(C)c(S(=O)(=O)NC2CCNC2)c1[N+](=O)[O-].Cl. The van der Waals surface area contributed by atoms with Crippen LogP contribution >= 0.6 is 12.4 Å². The molecule has 0 spiro atoms. The number of nitrogens with one attached hydrogen (secondary N) is 2. The van der Waals surface area contributed by atoms with Crippen LogP contribution in [0.25, 0.3) is 0 Å². The summed E-state index contributed by atoms with van der Waals surface area (Å²) in [6.07, 6.45) is 0.678. The van der Waals surface area contributed by atoms with Crippen molar-refractivity contribution in [1.82, 2.24) is 10.0 Å². The predicted octanol–water partition coefficient (Wildman–Crippen LogP) is 1.27. The third kappa shape index (κ3) is 3.70. The molecule has 1 aromatic carbocycles. The predicted molar refractivity (Wildman–Crippen MR) is 81.4 cm³/mol. The van der Waals surface area contributed by atoms with Crippen molar-refractivity contribution in [3.8, 4) is 0 Å². The molecule has 2 rings (SSSR count). The number of nitro groups is 1. The largest absolute Gasteiger partial charge is 0.315 e. The first-order valence-electron chi connectivity index (χ1n) is 6.30. The number of hydrogen-bond acceptors (Lipinski definition) is 5. The zero-order chi connectivity index (χ0) is 14.9. The molecule has 21 heavy (non-hydrogen) atoms.